The quantitative estimate of drug-likeness (QED) is 0.815. The van der Waals surface area contributed by atoms with Crippen molar-refractivity contribution in [3.05, 3.63) is 23.4 Å². The predicted molar refractivity (Wildman–Crippen MR) is 76.9 cm³/mol. The summed E-state index contributed by atoms with van der Waals surface area (Å²) in [5.41, 5.74) is 7.68. The van der Waals surface area contributed by atoms with Gasteiger partial charge in [-0.25, -0.2) is 4.98 Å². The molecular formula is C13H19N3OS. The number of rotatable bonds is 4. The van der Waals surface area contributed by atoms with Crippen LogP contribution in [-0.4, -0.2) is 29.2 Å². The first-order valence-corrected chi connectivity index (χ1v) is 6.57. The van der Waals surface area contributed by atoms with Crippen LogP contribution in [0.1, 0.15) is 30.4 Å². The van der Waals surface area contributed by atoms with Crippen LogP contribution in [0, 0.1) is 6.92 Å². The van der Waals surface area contributed by atoms with Crippen molar-refractivity contribution >= 4 is 23.0 Å². The number of nitrogens with zero attached hydrogens (tertiary/aromatic N) is 1. The molecule has 1 aromatic rings. The molecule has 0 aromatic carbocycles. The molecule has 1 aliphatic rings. The molecule has 1 heterocycles. The number of ether oxygens (including phenoxy) is 1. The first-order valence-electron chi connectivity index (χ1n) is 6.16. The molecule has 0 aliphatic heterocycles. The fourth-order valence-corrected chi connectivity index (χ4v) is 2.72. The summed E-state index contributed by atoms with van der Waals surface area (Å²) in [6.45, 7) is 1.99. The molecule has 0 spiro atoms. The third-order valence-corrected chi connectivity index (χ3v) is 3.67. The van der Waals surface area contributed by atoms with Gasteiger partial charge in [-0.05, 0) is 37.8 Å². The smallest absolute Gasteiger partial charge is 0.136 e. The lowest BCUT2D eigenvalue weighted by molar-refractivity contribution is 0.108. The number of methoxy groups -OCH3 is 1. The molecule has 1 saturated carbocycles. The van der Waals surface area contributed by atoms with E-state index in [1.807, 2.05) is 13.0 Å². The van der Waals surface area contributed by atoms with Gasteiger partial charge in [0.2, 0.25) is 0 Å². The van der Waals surface area contributed by atoms with E-state index in [0.29, 0.717) is 17.1 Å². The fraction of sp³-hybridized carbons (Fsp3) is 0.538. The van der Waals surface area contributed by atoms with Gasteiger partial charge in [0.05, 0.1) is 11.7 Å². The predicted octanol–water partition coefficient (Wildman–Crippen LogP) is 2.00. The molecule has 0 amide bonds. The molecule has 3 N–H and O–H groups in total. The van der Waals surface area contributed by atoms with Crippen LogP contribution in [0.2, 0.25) is 0 Å². The van der Waals surface area contributed by atoms with Crippen molar-refractivity contribution in [2.45, 2.75) is 38.3 Å². The van der Waals surface area contributed by atoms with Crippen molar-refractivity contribution in [2.24, 2.45) is 5.73 Å². The monoisotopic (exact) mass is 265 g/mol. The standard InChI is InChI=1S/C13H19N3OS/c1-8-5-6-15-13(11(8)12(14)18)16-9-3-4-10(7-9)17-2/h5-6,9-10H,3-4,7H2,1-2H3,(H2,14,18)(H,15,16). The molecule has 2 atom stereocenters. The molecule has 5 heteroatoms. The van der Waals surface area contributed by atoms with Crippen molar-refractivity contribution in [3.63, 3.8) is 0 Å². The molecule has 1 aromatic heterocycles. The van der Waals surface area contributed by atoms with Crippen LogP contribution >= 0.6 is 12.2 Å². The fourth-order valence-electron chi connectivity index (χ4n) is 2.46. The zero-order valence-corrected chi connectivity index (χ0v) is 11.6. The lowest BCUT2D eigenvalue weighted by atomic mass is 10.1. The highest BCUT2D eigenvalue weighted by Crippen LogP contribution is 2.26. The number of hydrogen-bond donors (Lipinski definition) is 2. The molecule has 2 rings (SSSR count). The molecule has 0 saturated heterocycles. The Kier molecular flexibility index (Phi) is 4.14. The van der Waals surface area contributed by atoms with Crippen LogP contribution in [0.25, 0.3) is 0 Å². The highest BCUT2D eigenvalue weighted by Gasteiger charge is 2.25. The first kappa shape index (κ1) is 13.2. The summed E-state index contributed by atoms with van der Waals surface area (Å²) in [5.74, 6) is 0.796. The lowest BCUT2D eigenvalue weighted by Crippen LogP contribution is -2.22. The van der Waals surface area contributed by atoms with Gasteiger partial charge < -0.3 is 15.8 Å². The summed E-state index contributed by atoms with van der Waals surface area (Å²) in [6.07, 6.45) is 5.30. The van der Waals surface area contributed by atoms with E-state index >= 15 is 0 Å². The summed E-state index contributed by atoms with van der Waals surface area (Å²) in [6, 6.07) is 2.31. The van der Waals surface area contributed by atoms with E-state index in [2.05, 4.69) is 10.3 Å². The van der Waals surface area contributed by atoms with E-state index in [-0.39, 0.29) is 0 Å². The lowest BCUT2D eigenvalue weighted by Gasteiger charge is -2.17. The van der Waals surface area contributed by atoms with Crippen molar-refractivity contribution < 1.29 is 4.74 Å². The number of nitrogens with two attached hydrogens (primary N) is 1. The summed E-state index contributed by atoms with van der Waals surface area (Å²) >= 11 is 5.10. The minimum atomic E-state index is 0.348. The summed E-state index contributed by atoms with van der Waals surface area (Å²) in [5, 5.41) is 3.44. The Labute approximate surface area is 113 Å². The molecule has 4 nitrogen and oxygen atoms in total. The third-order valence-electron chi connectivity index (χ3n) is 3.46. The Morgan fingerprint density at radius 2 is 2.33 bits per heavy atom. The average Bonchev–Trinajstić information content (AvgIpc) is 2.76. The minimum absolute atomic E-state index is 0.348. The van der Waals surface area contributed by atoms with Crippen LogP contribution < -0.4 is 11.1 Å². The van der Waals surface area contributed by atoms with E-state index in [1.54, 1.807) is 13.3 Å². The van der Waals surface area contributed by atoms with Gasteiger partial charge in [0, 0.05) is 19.3 Å². The van der Waals surface area contributed by atoms with Gasteiger partial charge in [0.15, 0.2) is 0 Å². The van der Waals surface area contributed by atoms with E-state index < -0.39 is 0 Å². The van der Waals surface area contributed by atoms with Gasteiger partial charge in [0.25, 0.3) is 0 Å². The first-order chi connectivity index (χ1) is 8.61. The Morgan fingerprint density at radius 3 is 2.94 bits per heavy atom. The Morgan fingerprint density at radius 1 is 1.56 bits per heavy atom. The highest BCUT2D eigenvalue weighted by molar-refractivity contribution is 7.80. The van der Waals surface area contributed by atoms with Crippen molar-refractivity contribution in [2.75, 3.05) is 12.4 Å². The maximum atomic E-state index is 5.77. The zero-order chi connectivity index (χ0) is 13.1. The van der Waals surface area contributed by atoms with Gasteiger partial charge in [-0.2, -0.15) is 0 Å². The van der Waals surface area contributed by atoms with E-state index in [0.717, 1.165) is 36.2 Å². The van der Waals surface area contributed by atoms with Crippen molar-refractivity contribution in [3.8, 4) is 0 Å². The molecule has 1 fully saturated rings. The Balaban J connectivity index is 2.15. The highest BCUT2D eigenvalue weighted by atomic mass is 32.1. The zero-order valence-electron chi connectivity index (χ0n) is 10.8. The SMILES string of the molecule is COC1CCC(Nc2nccc(C)c2C(N)=S)C1. The van der Waals surface area contributed by atoms with Crippen LogP contribution in [0.5, 0.6) is 0 Å². The molecule has 1 aliphatic carbocycles. The van der Waals surface area contributed by atoms with Gasteiger partial charge in [-0.15, -0.1) is 0 Å². The molecule has 0 bridgehead atoms. The number of aromatic nitrogens is 1. The normalized spacial score (nSPS) is 23.0. The van der Waals surface area contributed by atoms with Crippen molar-refractivity contribution in [1.29, 1.82) is 0 Å². The second kappa shape index (κ2) is 5.63. The number of nitrogens with one attached hydrogen (secondary N) is 1. The minimum Gasteiger partial charge on any atom is -0.389 e. The van der Waals surface area contributed by atoms with Gasteiger partial charge in [-0.1, -0.05) is 12.2 Å². The van der Waals surface area contributed by atoms with E-state index in [9.17, 15) is 0 Å². The molecule has 18 heavy (non-hydrogen) atoms. The summed E-state index contributed by atoms with van der Waals surface area (Å²) in [4.78, 5) is 4.75. The number of hydrogen-bond acceptors (Lipinski definition) is 4. The van der Waals surface area contributed by atoms with E-state index in [1.165, 1.54) is 0 Å². The second-order valence-electron chi connectivity index (χ2n) is 4.73. The maximum absolute atomic E-state index is 5.77. The average molecular weight is 265 g/mol. The number of aryl methyl sites for hydroxylation is 1. The molecule has 0 radical (unpaired) electrons. The summed E-state index contributed by atoms with van der Waals surface area (Å²) < 4.78 is 5.37. The van der Waals surface area contributed by atoms with Crippen LogP contribution in [0.15, 0.2) is 12.3 Å². The Hall–Kier alpha value is -1.20. The largest absolute Gasteiger partial charge is 0.389 e. The van der Waals surface area contributed by atoms with Crippen LogP contribution in [0.3, 0.4) is 0 Å². The van der Waals surface area contributed by atoms with Crippen LogP contribution in [0.4, 0.5) is 5.82 Å². The molecular weight excluding hydrogens is 246 g/mol. The second-order valence-corrected chi connectivity index (χ2v) is 5.17. The van der Waals surface area contributed by atoms with Gasteiger partial charge in [-0.3, -0.25) is 0 Å². The topological polar surface area (TPSA) is 60.2 Å². The van der Waals surface area contributed by atoms with Gasteiger partial charge >= 0.3 is 0 Å². The number of thiocarbonyl (C=S) groups is 1. The van der Waals surface area contributed by atoms with Gasteiger partial charge in [0.1, 0.15) is 10.8 Å². The van der Waals surface area contributed by atoms with Crippen LogP contribution in [-0.2, 0) is 4.74 Å². The molecule has 98 valence electrons. The third kappa shape index (κ3) is 2.79. The Bertz CT molecular complexity index is 450. The van der Waals surface area contributed by atoms with Crippen molar-refractivity contribution in [1.82, 2.24) is 4.98 Å². The maximum Gasteiger partial charge on any atom is 0.136 e. The molecule has 2 unspecified atom stereocenters. The number of pyridine rings is 1. The number of anilines is 1. The van der Waals surface area contributed by atoms with E-state index in [4.69, 9.17) is 22.7 Å². The summed E-state index contributed by atoms with van der Waals surface area (Å²) in [7, 11) is 1.76.